The predicted molar refractivity (Wildman–Crippen MR) is 112 cm³/mol. The van der Waals surface area contributed by atoms with Gasteiger partial charge in [-0.15, -0.1) is 11.8 Å². The van der Waals surface area contributed by atoms with Gasteiger partial charge >= 0.3 is 0 Å². The number of para-hydroxylation sites is 1. The largest absolute Gasteiger partial charge is 0.342 e. The molecule has 1 heterocycles. The molecular weight excluding hydrogens is 380 g/mol. The van der Waals surface area contributed by atoms with Crippen LogP contribution in [-0.4, -0.2) is 35.6 Å². The summed E-state index contributed by atoms with van der Waals surface area (Å²) in [4.78, 5) is 26.6. The first kappa shape index (κ1) is 19.8. The molecule has 2 amide bonds. The van der Waals surface area contributed by atoms with Crippen LogP contribution in [0.4, 0.5) is 5.69 Å². The summed E-state index contributed by atoms with van der Waals surface area (Å²) in [7, 11) is 0. The lowest BCUT2D eigenvalue weighted by atomic mass is 9.96. The molecule has 0 saturated carbocycles. The lowest BCUT2D eigenvalue weighted by Crippen LogP contribution is -2.42. The van der Waals surface area contributed by atoms with Gasteiger partial charge in [-0.1, -0.05) is 41.9 Å². The van der Waals surface area contributed by atoms with Crippen LogP contribution in [-0.2, 0) is 15.3 Å². The quantitative estimate of drug-likeness (QED) is 0.776. The van der Waals surface area contributed by atoms with Crippen LogP contribution in [0.3, 0.4) is 0 Å². The second-order valence-electron chi connectivity index (χ2n) is 6.63. The van der Waals surface area contributed by atoms with E-state index in [4.69, 9.17) is 11.6 Å². The number of rotatable bonds is 6. The number of amides is 2. The molecule has 2 aromatic carbocycles. The molecule has 1 saturated heterocycles. The van der Waals surface area contributed by atoms with E-state index in [0.29, 0.717) is 31.7 Å². The summed E-state index contributed by atoms with van der Waals surface area (Å²) in [5, 5.41) is 3.67. The summed E-state index contributed by atoms with van der Waals surface area (Å²) in [5.41, 5.74) is 1.94. The summed E-state index contributed by atoms with van der Waals surface area (Å²) in [6.45, 7) is 1.28. The standard InChI is InChI=1S/C21H23ClN2O2S/c22-18-6-4-5-16(13-18)14-27-15-20(25)24-11-9-17(10-12-24)21(26)23-19-7-2-1-3-8-19/h1-8,13,17H,9-12,14-15H2,(H,23,26). The Hall–Kier alpha value is -1.98. The molecule has 1 N–H and O–H groups in total. The molecule has 0 unspecified atom stereocenters. The highest BCUT2D eigenvalue weighted by Gasteiger charge is 2.27. The zero-order valence-corrected chi connectivity index (χ0v) is 16.6. The lowest BCUT2D eigenvalue weighted by Gasteiger charge is -2.31. The van der Waals surface area contributed by atoms with E-state index in [1.54, 1.807) is 11.8 Å². The monoisotopic (exact) mass is 402 g/mol. The Balaban J connectivity index is 1.39. The van der Waals surface area contributed by atoms with Crippen LogP contribution >= 0.6 is 23.4 Å². The minimum Gasteiger partial charge on any atom is -0.342 e. The molecule has 4 nitrogen and oxygen atoms in total. The molecule has 1 aliphatic rings. The van der Waals surface area contributed by atoms with Crippen LogP contribution in [0.2, 0.25) is 5.02 Å². The molecule has 0 aliphatic carbocycles. The molecule has 6 heteroatoms. The average molecular weight is 403 g/mol. The molecular formula is C21H23ClN2O2S. The second-order valence-corrected chi connectivity index (χ2v) is 8.06. The SMILES string of the molecule is O=C(Nc1ccccc1)C1CCN(C(=O)CSCc2cccc(Cl)c2)CC1. The first-order valence-electron chi connectivity index (χ1n) is 9.07. The van der Waals surface area contributed by atoms with Gasteiger partial charge in [0.25, 0.3) is 0 Å². The summed E-state index contributed by atoms with van der Waals surface area (Å²) >= 11 is 7.58. The maximum absolute atomic E-state index is 12.4. The van der Waals surface area contributed by atoms with Crippen molar-refractivity contribution in [2.24, 2.45) is 5.92 Å². The zero-order valence-electron chi connectivity index (χ0n) is 15.1. The maximum atomic E-state index is 12.4. The Labute approximate surface area is 169 Å². The second kappa shape index (κ2) is 9.81. The number of hydrogen-bond acceptors (Lipinski definition) is 3. The van der Waals surface area contributed by atoms with Crippen LogP contribution in [0, 0.1) is 5.92 Å². The Kier molecular flexibility index (Phi) is 7.18. The molecule has 3 rings (SSSR count). The number of halogens is 1. The number of likely N-dealkylation sites (tertiary alicyclic amines) is 1. The summed E-state index contributed by atoms with van der Waals surface area (Å²) in [6, 6.07) is 17.2. The molecule has 27 heavy (non-hydrogen) atoms. The smallest absolute Gasteiger partial charge is 0.232 e. The van der Waals surface area contributed by atoms with Crippen molar-refractivity contribution in [1.82, 2.24) is 4.90 Å². The molecule has 0 atom stereocenters. The Bertz CT molecular complexity index is 777. The van der Waals surface area contributed by atoms with Gasteiger partial charge in [0.2, 0.25) is 11.8 Å². The van der Waals surface area contributed by atoms with Crippen molar-refractivity contribution in [3.63, 3.8) is 0 Å². The van der Waals surface area contributed by atoms with Crippen LogP contribution in [0.1, 0.15) is 18.4 Å². The van der Waals surface area contributed by atoms with Gasteiger partial charge in [0.05, 0.1) is 5.75 Å². The molecule has 1 fully saturated rings. The van der Waals surface area contributed by atoms with Crippen molar-refractivity contribution in [3.05, 3.63) is 65.2 Å². The topological polar surface area (TPSA) is 49.4 Å². The number of benzene rings is 2. The number of thioether (sulfide) groups is 1. The van der Waals surface area contributed by atoms with Gasteiger partial charge in [-0.25, -0.2) is 0 Å². The van der Waals surface area contributed by atoms with E-state index >= 15 is 0 Å². The molecule has 0 radical (unpaired) electrons. The fourth-order valence-corrected chi connectivity index (χ4v) is 4.22. The number of piperidine rings is 1. The Morgan fingerprint density at radius 2 is 1.81 bits per heavy atom. The van der Waals surface area contributed by atoms with Gasteiger partial charge in [-0.2, -0.15) is 0 Å². The highest BCUT2D eigenvalue weighted by molar-refractivity contribution is 7.99. The predicted octanol–water partition coefficient (Wildman–Crippen LogP) is 4.45. The van der Waals surface area contributed by atoms with E-state index in [0.717, 1.165) is 22.0 Å². The minimum atomic E-state index is -0.0339. The molecule has 1 aliphatic heterocycles. The zero-order chi connectivity index (χ0) is 19.1. The average Bonchev–Trinajstić information content (AvgIpc) is 2.69. The van der Waals surface area contributed by atoms with Crippen LogP contribution in [0.25, 0.3) is 0 Å². The number of nitrogens with one attached hydrogen (secondary N) is 1. The van der Waals surface area contributed by atoms with E-state index in [1.807, 2.05) is 59.5 Å². The van der Waals surface area contributed by atoms with E-state index in [-0.39, 0.29) is 17.7 Å². The number of carbonyl (C=O) groups excluding carboxylic acids is 2. The van der Waals surface area contributed by atoms with Crippen molar-refractivity contribution < 1.29 is 9.59 Å². The van der Waals surface area contributed by atoms with Crippen LogP contribution in [0.15, 0.2) is 54.6 Å². The summed E-state index contributed by atoms with van der Waals surface area (Å²) in [6.07, 6.45) is 1.42. The molecule has 0 bridgehead atoms. The highest BCUT2D eigenvalue weighted by atomic mass is 35.5. The highest BCUT2D eigenvalue weighted by Crippen LogP contribution is 2.21. The lowest BCUT2D eigenvalue weighted by molar-refractivity contribution is -0.132. The third-order valence-corrected chi connectivity index (χ3v) is 5.87. The van der Waals surface area contributed by atoms with Crippen molar-refractivity contribution >= 4 is 40.9 Å². The van der Waals surface area contributed by atoms with Crippen molar-refractivity contribution in [3.8, 4) is 0 Å². The molecule has 142 valence electrons. The third-order valence-electron chi connectivity index (χ3n) is 4.64. The fraction of sp³-hybridized carbons (Fsp3) is 0.333. The number of nitrogens with zero attached hydrogens (tertiary/aromatic N) is 1. The molecule has 0 spiro atoms. The number of carbonyl (C=O) groups is 2. The van der Waals surface area contributed by atoms with Crippen molar-refractivity contribution in [2.75, 3.05) is 24.2 Å². The number of anilines is 1. The van der Waals surface area contributed by atoms with Gasteiger partial charge in [0, 0.05) is 35.5 Å². The molecule has 2 aromatic rings. The van der Waals surface area contributed by atoms with Crippen LogP contribution < -0.4 is 5.32 Å². The number of hydrogen-bond donors (Lipinski definition) is 1. The summed E-state index contributed by atoms with van der Waals surface area (Å²) in [5.74, 6) is 1.37. The minimum absolute atomic E-state index is 0.0339. The normalized spacial score (nSPS) is 14.8. The maximum Gasteiger partial charge on any atom is 0.232 e. The fourth-order valence-electron chi connectivity index (χ4n) is 3.13. The van der Waals surface area contributed by atoms with Gasteiger partial charge < -0.3 is 10.2 Å². The van der Waals surface area contributed by atoms with Gasteiger partial charge in [0.15, 0.2) is 0 Å². The summed E-state index contributed by atoms with van der Waals surface area (Å²) < 4.78 is 0. The molecule has 0 aromatic heterocycles. The van der Waals surface area contributed by atoms with Gasteiger partial charge in [-0.05, 0) is 42.7 Å². The van der Waals surface area contributed by atoms with E-state index in [2.05, 4.69) is 5.32 Å². The Morgan fingerprint density at radius 3 is 2.52 bits per heavy atom. The first-order valence-corrected chi connectivity index (χ1v) is 10.6. The first-order chi connectivity index (χ1) is 13.1. The van der Waals surface area contributed by atoms with Crippen molar-refractivity contribution in [2.45, 2.75) is 18.6 Å². The van der Waals surface area contributed by atoms with Crippen LogP contribution in [0.5, 0.6) is 0 Å². The van der Waals surface area contributed by atoms with E-state index < -0.39 is 0 Å². The van der Waals surface area contributed by atoms with E-state index in [9.17, 15) is 9.59 Å². The third kappa shape index (κ3) is 6.01. The van der Waals surface area contributed by atoms with Gasteiger partial charge in [-0.3, -0.25) is 9.59 Å². The Morgan fingerprint density at radius 1 is 1.07 bits per heavy atom. The van der Waals surface area contributed by atoms with Gasteiger partial charge in [0.1, 0.15) is 0 Å². The van der Waals surface area contributed by atoms with Crippen molar-refractivity contribution in [1.29, 1.82) is 0 Å². The van der Waals surface area contributed by atoms with E-state index in [1.165, 1.54) is 0 Å².